The maximum Gasteiger partial charge on any atom is 0.354 e. The Morgan fingerprint density at radius 1 is 1.27 bits per heavy atom. The SMILES string of the molecule is CCOC(=O)c1cc(S(=O)(=O)N2CCC[C@H]2C(=O)Nc2cccc(-c3ccno3)c2)cn1C. The molecule has 33 heavy (non-hydrogen) atoms. The Morgan fingerprint density at radius 3 is 2.82 bits per heavy atom. The summed E-state index contributed by atoms with van der Waals surface area (Å²) in [6, 6.07) is 9.15. The number of nitrogens with zero attached hydrogens (tertiary/aromatic N) is 3. The van der Waals surface area contributed by atoms with Gasteiger partial charge in [-0.05, 0) is 38.0 Å². The van der Waals surface area contributed by atoms with E-state index in [1.54, 1.807) is 38.2 Å². The van der Waals surface area contributed by atoms with Crippen LogP contribution in [-0.2, 0) is 26.6 Å². The zero-order chi connectivity index (χ0) is 23.6. The largest absolute Gasteiger partial charge is 0.461 e. The normalized spacial score (nSPS) is 16.6. The molecule has 0 radical (unpaired) electrons. The molecule has 0 bridgehead atoms. The van der Waals surface area contributed by atoms with Crippen molar-refractivity contribution in [1.29, 1.82) is 0 Å². The van der Waals surface area contributed by atoms with E-state index in [1.165, 1.54) is 27.3 Å². The van der Waals surface area contributed by atoms with Gasteiger partial charge in [-0.1, -0.05) is 17.3 Å². The van der Waals surface area contributed by atoms with Crippen LogP contribution in [-0.4, -0.2) is 53.5 Å². The number of carbonyl (C=O) groups is 2. The molecule has 174 valence electrons. The molecule has 3 heterocycles. The van der Waals surface area contributed by atoms with Gasteiger partial charge in [0.1, 0.15) is 16.6 Å². The van der Waals surface area contributed by atoms with Gasteiger partial charge in [0.25, 0.3) is 0 Å². The number of sulfonamides is 1. The summed E-state index contributed by atoms with van der Waals surface area (Å²) in [5, 5.41) is 6.49. The van der Waals surface area contributed by atoms with Gasteiger partial charge in [-0.25, -0.2) is 13.2 Å². The number of carbonyl (C=O) groups excluding carboxylic acids is 2. The summed E-state index contributed by atoms with van der Waals surface area (Å²) in [7, 11) is -2.43. The van der Waals surface area contributed by atoms with E-state index in [0.717, 1.165) is 5.56 Å². The van der Waals surface area contributed by atoms with Crippen molar-refractivity contribution in [2.75, 3.05) is 18.5 Å². The van der Waals surface area contributed by atoms with Crippen molar-refractivity contribution in [1.82, 2.24) is 14.0 Å². The highest BCUT2D eigenvalue weighted by Crippen LogP contribution is 2.29. The lowest BCUT2D eigenvalue weighted by atomic mass is 10.1. The molecule has 3 aromatic rings. The zero-order valence-corrected chi connectivity index (χ0v) is 19.0. The number of ether oxygens (including phenoxy) is 1. The summed E-state index contributed by atoms with van der Waals surface area (Å²) in [4.78, 5) is 25.1. The Kier molecular flexibility index (Phi) is 6.34. The van der Waals surface area contributed by atoms with Gasteiger partial charge in [0.15, 0.2) is 5.76 Å². The number of nitrogens with one attached hydrogen (secondary N) is 1. The maximum absolute atomic E-state index is 13.3. The van der Waals surface area contributed by atoms with Crippen molar-refractivity contribution in [2.45, 2.75) is 30.7 Å². The summed E-state index contributed by atoms with van der Waals surface area (Å²) in [6.45, 7) is 2.06. The average molecular weight is 473 g/mol. The molecule has 0 unspecified atom stereocenters. The molecule has 2 aromatic heterocycles. The lowest BCUT2D eigenvalue weighted by Gasteiger charge is -2.23. The molecule has 0 aliphatic carbocycles. The maximum atomic E-state index is 13.3. The highest BCUT2D eigenvalue weighted by molar-refractivity contribution is 7.89. The topological polar surface area (TPSA) is 124 Å². The predicted molar refractivity (Wildman–Crippen MR) is 119 cm³/mol. The first kappa shape index (κ1) is 22.7. The first-order valence-corrected chi connectivity index (χ1v) is 11.9. The Balaban J connectivity index is 1.54. The van der Waals surface area contributed by atoms with Gasteiger partial charge < -0.3 is 19.1 Å². The van der Waals surface area contributed by atoms with E-state index in [0.29, 0.717) is 24.3 Å². The van der Waals surface area contributed by atoms with Crippen LogP contribution in [0.2, 0.25) is 0 Å². The number of benzene rings is 1. The molecule has 1 saturated heterocycles. The van der Waals surface area contributed by atoms with Gasteiger partial charge in [0.05, 0.1) is 12.8 Å². The summed E-state index contributed by atoms with van der Waals surface area (Å²) in [5.74, 6) is -0.478. The lowest BCUT2D eigenvalue weighted by Crippen LogP contribution is -2.43. The number of esters is 1. The molecule has 11 heteroatoms. The molecule has 10 nitrogen and oxygen atoms in total. The van der Waals surface area contributed by atoms with Crippen LogP contribution in [0.1, 0.15) is 30.3 Å². The number of aromatic nitrogens is 2. The van der Waals surface area contributed by atoms with Gasteiger partial charge in [-0.3, -0.25) is 4.79 Å². The van der Waals surface area contributed by atoms with Gasteiger partial charge in [-0.15, -0.1) is 0 Å². The minimum Gasteiger partial charge on any atom is -0.461 e. The second-order valence-corrected chi connectivity index (χ2v) is 9.50. The predicted octanol–water partition coefficient (Wildman–Crippen LogP) is 2.65. The zero-order valence-electron chi connectivity index (χ0n) is 18.2. The Bertz CT molecular complexity index is 1270. The van der Waals surface area contributed by atoms with Crippen LogP contribution in [0.15, 0.2) is 58.2 Å². The lowest BCUT2D eigenvalue weighted by molar-refractivity contribution is -0.119. The third-order valence-electron chi connectivity index (χ3n) is 5.43. The van der Waals surface area contributed by atoms with Crippen molar-refractivity contribution >= 4 is 27.6 Å². The monoisotopic (exact) mass is 472 g/mol. The quantitative estimate of drug-likeness (QED) is 0.524. The first-order chi connectivity index (χ1) is 15.8. The van der Waals surface area contributed by atoms with Crippen LogP contribution >= 0.6 is 0 Å². The molecule has 0 saturated carbocycles. The van der Waals surface area contributed by atoms with Crippen molar-refractivity contribution < 1.29 is 27.3 Å². The number of amides is 1. The van der Waals surface area contributed by atoms with Crippen molar-refractivity contribution in [2.24, 2.45) is 7.05 Å². The van der Waals surface area contributed by atoms with Crippen LogP contribution in [0.4, 0.5) is 5.69 Å². The summed E-state index contributed by atoms with van der Waals surface area (Å²) in [6.07, 6.45) is 3.83. The molecular weight excluding hydrogens is 448 g/mol. The number of rotatable bonds is 7. The second-order valence-electron chi connectivity index (χ2n) is 7.61. The van der Waals surface area contributed by atoms with Crippen molar-refractivity contribution in [3.05, 3.63) is 54.5 Å². The molecule has 1 aliphatic heterocycles. The summed E-state index contributed by atoms with van der Waals surface area (Å²) in [5.41, 5.74) is 1.37. The van der Waals surface area contributed by atoms with E-state index in [4.69, 9.17) is 9.26 Å². The number of anilines is 1. The van der Waals surface area contributed by atoms with Crippen LogP contribution in [0.25, 0.3) is 11.3 Å². The van der Waals surface area contributed by atoms with Crippen LogP contribution in [0.5, 0.6) is 0 Å². The molecule has 1 N–H and O–H groups in total. The van der Waals surface area contributed by atoms with Crippen molar-refractivity contribution in [3.63, 3.8) is 0 Å². The fourth-order valence-corrected chi connectivity index (χ4v) is 5.58. The van der Waals surface area contributed by atoms with E-state index >= 15 is 0 Å². The Morgan fingerprint density at radius 2 is 2.09 bits per heavy atom. The smallest absolute Gasteiger partial charge is 0.354 e. The summed E-state index contributed by atoms with van der Waals surface area (Å²) < 4.78 is 39.4. The fraction of sp³-hybridized carbons (Fsp3) is 0.318. The van der Waals surface area contributed by atoms with E-state index in [-0.39, 0.29) is 23.7 Å². The van der Waals surface area contributed by atoms with E-state index < -0.39 is 27.9 Å². The van der Waals surface area contributed by atoms with Gasteiger partial charge >= 0.3 is 5.97 Å². The Hall–Kier alpha value is -3.44. The highest BCUT2D eigenvalue weighted by atomic mass is 32.2. The molecule has 1 atom stereocenters. The molecular formula is C22H24N4O6S. The van der Waals surface area contributed by atoms with Gasteiger partial charge in [0.2, 0.25) is 15.9 Å². The molecule has 1 aliphatic rings. The second kappa shape index (κ2) is 9.20. The molecule has 0 spiro atoms. The van der Waals surface area contributed by atoms with Crippen LogP contribution in [0.3, 0.4) is 0 Å². The third kappa shape index (κ3) is 4.55. The number of hydrogen-bond acceptors (Lipinski definition) is 7. The third-order valence-corrected chi connectivity index (χ3v) is 7.30. The fourth-order valence-electron chi connectivity index (χ4n) is 3.85. The molecule has 1 amide bonds. The standard InChI is InChI=1S/C22H24N4O6S/c1-3-31-22(28)19-13-17(14-25(19)2)33(29,30)26-11-5-8-18(26)21(27)24-16-7-4-6-15(12-16)20-9-10-23-32-20/h4,6-7,9-10,12-14,18H,3,5,8,11H2,1-2H3,(H,24,27)/t18-/m0/s1. The van der Waals surface area contributed by atoms with Crippen LogP contribution in [0, 0.1) is 0 Å². The molecule has 1 fully saturated rings. The van der Waals surface area contributed by atoms with E-state index in [2.05, 4.69) is 10.5 Å². The minimum absolute atomic E-state index is 0.0555. The van der Waals surface area contributed by atoms with Crippen LogP contribution < -0.4 is 5.32 Å². The Labute approximate surface area is 191 Å². The average Bonchev–Trinajstić information content (AvgIpc) is 3.54. The number of aryl methyl sites for hydroxylation is 1. The number of hydrogen-bond donors (Lipinski definition) is 1. The first-order valence-electron chi connectivity index (χ1n) is 10.5. The molecule has 1 aromatic carbocycles. The summed E-state index contributed by atoms with van der Waals surface area (Å²) >= 11 is 0. The minimum atomic E-state index is -4.00. The van der Waals surface area contributed by atoms with E-state index in [1.807, 2.05) is 6.07 Å². The van der Waals surface area contributed by atoms with Gasteiger partial charge in [-0.2, -0.15) is 4.31 Å². The highest BCUT2D eigenvalue weighted by Gasteiger charge is 2.40. The van der Waals surface area contributed by atoms with Gasteiger partial charge in [0, 0.05) is 37.1 Å². The van der Waals surface area contributed by atoms with E-state index in [9.17, 15) is 18.0 Å². The molecule has 4 rings (SSSR count). The van der Waals surface area contributed by atoms with Crippen molar-refractivity contribution in [3.8, 4) is 11.3 Å².